The summed E-state index contributed by atoms with van der Waals surface area (Å²) in [6.07, 6.45) is 4.61. The summed E-state index contributed by atoms with van der Waals surface area (Å²) in [5.41, 5.74) is 3.11. The number of hydrogen-bond acceptors (Lipinski definition) is 3. The quantitative estimate of drug-likeness (QED) is 0.420. The van der Waals surface area contributed by atoms with Gasteiger partial charge in [-0.05, 0) is 49.1 Å². The van der Waals surface area contributed by atoms with E-state index in [1.165, 1.54) is 19.3 Å². The first-order valence-corrected chi connectivity index (χ1v) is 11.8. The Morgan fingerprint density at radius 3 is 2.33 bits per heavy atom. The first kappa shape index (κ1) is 21.4. The Bertz CT molecular complexity index is 1210. The third kappa shape index (κ3) is 3.93. The van der Waals surface area contributed by atoms with Gasteiger partial charge in [0.05, 0.1) is 11.0 Å². The van der Waals surface area contributed by atoms with Crippen LogP contribution in [0.3, 0.4) is 0 Å². The average molecular weight is 440 g/mol. The Morgan fingerprint density at radius 2 is 1.67 bits per heavy atom. The predicted molar refractivity (Wildman–Crippen MR) is 131 cm³/mol. The number of carbonyl (C=O) groups is 1. The predicted octanol–water partition coefficient (Wildman–Crippen LogP) is 5.68. The van der Waals surface area contributed by atoms with Gasteiger partial charge in [0, 0.05) is 25.3 Å². The highest BCUT2D eigenvalue weighted by atomic mass is 16.5. The zero-order valence-corrected chi connectivity index (χ0v) is 19.0. The molecule has 0 saturated heterocycles. The van der Waals surface area contributed by atoms with Crippen molar-refractivity contribution in [1.29, 1.82) is 0 Å². The standard InChI is InChI=1S/C28H29N3O2/c1-2-33-28(21-12-6-3-7-13-21,22-14-8-4-9-15-22)27(32)29-23-17-18-25-24(20-23)30-26-16-10-5-11-19-31(25)26/h3-4,6-9,12-15,17-18,20H,2,5,10-11,16,19H2,1H3,(H,29,32). The van der Waals surface area contributed by atoms with Crippen LogP contribution < -0.4 is 5.32 Å². The van der Waals surface area contributed by atoms with Crippen molar-refractivity contribution in [3.8, 4) is 0 Å². The van der Waals surface area contributed by atoms with Crippen LogP contribution in [0.1, 0.15) is 43.1 Å². The van der Waals surface area contributed by atoms with Gasteiger partial charge in [0.2, 0.25) is 0 Å². The molecule has 1 amide bonds. The first-order chi connectivity index (χ1) is 16.2. The minimum atomic E-state index is -1.25. The maximum absolute atomic E-state index is 13.9. The summed E-state index contributed by atoms with van der Waals surface area (Å²) in [7, 11) is 0. The molecule has 2 heterocycles. The van der Waals surface area contributed by atoms with E-state index in [0.717, 1.165) is 46.6 Å². The smallest absolute Gasteiger partial charge is 0.265 e. The molecule has 0 aliphatic carbocycles. The van der Waals surface area contributed by atoms with Gasteiger partial charge in [0.1, 0.15) is 5.82 Å². The lowest BCUT2D eigenvalue weighted by atomic mass is 9.85. The number of nitrogens with zero attached hydrogens (tertiary/aromatic N) is 2. The van der Waals surface area contributed by atoms with Gasteiger partial charge in [-0.3, -0.25) is 4.79 Å². The highest BCUT2D eigenvalue weighted by molar-refractivity contribution is 6.01. The molecular weight excluding hydrogens is 410 g/mol. The van der Waals surface area contributed by atoms with Gasteiger partial charge in [0.15, 0.2) is 5.60 Å². The zero-order chi connectivity index (χ0) is 22.7. The van der Waals surface area contributed by atoms with Crippen LogP contribution >= 0.6 is 0 Å². The Hall–Kier alpha value is -3.44. The second-order valence-corrected chi connectivity index (χ2v) is 8.49. The van der Waals surface area contributed by atoms with Crippen LogP contribution in [-0.4, -0.2) is 22.1 Å². The number of rotatable bonds is 6. The number of carbonyl (C=O) groups excluding carboxylic acids is 1. The SMILES string of the molecule is CCOC(C(=O)Nc1ccc2c(c1)nc1n2CCCCC1)(c1ccccc1)c1ccccc1. The summed E-state index contributed by atoms with van der Waals surface area (Å²) in [6.45, 7) is 3.31. The van der Waals surface area contributed by atoms with Crippen LogP contribution in [0.25, 0.3) is 11.0 Å². The Labute approximate surface area is 194 Å². The number of anilines is 1. The molecule has 33 heavy (non-hydrogen) atoms. The van der Waals surface area contributed by atoms with Gasteiger partial charge in [-0.1, -0.05) is 67.1 Å². The van der Waals surface area contributed by atoms with Crippen LogP contribution in [0.2, 0.25) is 0 Å². The number of aryl methyl sites for hydroxylation is 2. The van der Waals surface area contributed by atoms with E-state index < -0.39 is 5.60 Å². The highest BCUT2D eigenvalue weighted by Gasteiger charge is 2.43. The Morgan fingerprint density at radius 1 is 0.970 bits per heavy atom. The molecule has 0 spiro atoms. The Kier molecular flexibility index (Phi) is 5.97. The Balaban J connectivity index is 1.54. The van der Waals surface area contributed by atoms with Gasteiger partial charge < -0.3 is 14.6 Å². The highest BCUT2D eigenvalue weighted by Crippen LogP contribution is 2.35. The first-order valence-electron chi connectivity index (χ1n) is 11.8. The van der Waals surface area contributed by atoms with E-state index in [2.05, 4.69) is 16.0 Å². The average Bonchev–Trinajstić information content (AvgIpc) is 3.03. The number of fused-ring (bicyclic) bond motifs is 3. The maximum Gasteiger partial charge on any atom is 0.265 e. The van der Waals surface area contributed by atoms with Crippen LogP contribution in [0.5, 0.6) is 0 Å². The molecule has 4 aromatic rings. The van der Waals surface area contributed by atoms with E-state index in [4.69, 9.17) is 9.72 Å². The maximum atomic E-state index is 13.9. The summed E-state index contributed by atoms with van der Waals surface area (Å²) in [6, 6.07) is 25.4. The zero-order valence-electron chi connectivity index (χ0n) is 19.0. The number of ether oxygens (including phenoxy) is 1. The third-order valence-corrected chi connectivity index (χ3v) is 6.41. The molecule has 5 rings (SSSR count). The van der Waals surface area contributed by atoms with E-state index in [1.54, 1.807) is 0 Å². The van der Waals surface area contributed by atoms with Gasteiger partial charge in [-0.15, -0.1) is 0 Å². The molecule has 168 valence electrons. The molecule has 0 bridgehead atoms. The monoisotopic (exact) mass is 439 g/mol. The van der Waals surface area contributed by atoms with Crippen molar-refractivity contribution < 1.29 is 9.53 Å². The van der Waals surface area contributed by atoms with Gasteiger partial charge in [-0.25, -0.2) is 4.98 Å². The lowest BCUT2D eigenvalue weighted by molar-refractivity contribution is -0.136. The number of aromatic nitrogens is 2. The molecule has 0 saturated carbocycles. The summed E-state index contributed by atoms with van der Waals surface area (Å²) < 4.78 is 8.60. The van der Waals surface area contributed by atoms with E-state index in [1.807, 2.05) is 79.7 Å². The number of nitrogens with one attached hydrogen (secondary N) is 1. The summed E-state index contributed by atoms with van der Waals surface area (Å²) in [5, 5.41) is 3.14. The van der Waals surface area contributed by atoms with E-state index in [-0.39, 0.29) is 5.91 Å². The summed E-state index contributed by atoms with van der Waals surface area (Å²) in [4.78, 5) is 18.8. The molecule has 1 N–H and O–H groups in total. The fourth-order valence-electron chi connectivity index (χ4n) is 4.87. The van der Waals surface area contributed by atoms with Crippen molar-refractivity contribution >= 4 is 22.6 Å². The van der Waals surface area contributed by atoms with Crippen molar-refractivity contribution in [3.05, 3.63) is 95.8 Å². The minimum Gasteiger partial charge on any atom is -0.356 e. The normalized spacial score (nSPS) is 14.0. The minimum absolute atomic E-state index is 0.220. The van der Waals surface area contributed by atoms with Gasteiger partial charge >= 0.3 is 0 Å². The number of hydrogen-bond donors (Lipinski definition) is 1. The molecule has 1 aromatic heterocycles. The molecule has 1 aliphatic heterocycles. The largest absolute Gasteiger partial charge is 0.356 e. The van der Waals surface area contributed by atoms with Gasteiger partial charge in [0.25, 0.3) is 5.91 Å². The number of imidazole rings is 1. The van der Waals surface area contributed by atoms with E-state index >= 15 is 0 Å². The van der Waals surface area contributed by atoms with Crippen molar-refractivity contribution in [1.82, 2.24) is 9.55 Å². The second kappa shape index (κ2) is 9.20. The van der Waals surface area contributed by atoms with Crippen LogP contribution in [-0.2, 0) is 28.1 Å². The van der Waals surface area contributed by atoms with E-state index in [0.29, 0.717) is 6.61 Å². The van der Waals surface area contributed by atoms with Gasteiger partial charge in [-0.2, -0.15) is 0 Å². The fraction of sp³-hybridized carbons (Fsp3) is 0.286. The molecule has 0 atom stereocenters. The fourth-order valence-corrected chi connectivity index (χ4v) is 4.87. The molecule has 1 aliphatic rings. The lowest BCUT2D eigenvalue weighted by Crippen LogP contribution is -2.44. The van der Waals surface area contributed by atoms with Crippen LogP contribution in [0, 0.1) is 0 Å². The lowest BCUT2D eigenvalue weighted by Gasteiger charge is -2.33. The molecule has 5 heteroatoms. The molecule has 0 radical (unpaired) electrons. The summed E-state index contributed by atoms with van der Waals surface area (Å²) in [5.74, 6) is 0.921. The topological polar surface area (TPSA) is 56.1 Å². The molecular formula is C28H29N3O2. The second-order valence-electron chi connectivity index (χ2n) is 8.49. The third-order valence-electron chi connectivity index (χ3n) is 6.41. The van der Waals surface area contributed by atoms with Crippen LogP contribution in [0.4, 0.5) is 5.69 Å². The molecule has 5 nitrogen and oxygen atoms in total. The van der Waals surface area contributed by atoms with Crippen LogP contribution in [0.15, 0.2) is 78.9 Å². The van der Waals surface area contributed by atoms with Crippen molar-refractivity contribution in [3.63, 3.8) is 0 Å². The van der Waals surface area contributed by atoms with Crippen molar-refractivity contribution in [2.45, 2.75) is 44.8 Å². The molecule has 3 aromatic carbocycles. The van der Waals surface area contributed by atoms with Crippen molar-refractivity contribution in [2.75, 3.05) is 11.9 Å². The summed E-state index contributed by atoms with van der Waals surface area (Å²) >= 11 is 0. The number of benzene rings is 3. The molecule has 0 fully saturated rings. The van der Waals surface area contributed by atoms with Crippen molar-refractivity contribution in [2.24, 2.45) is 0 Å². The number of amides is 1. The van der Waals surface area contributed by atoms with E-state index in [9.17, 15) is 4.79 Å². The molecule has 0 unspecified atom stereocenters.